The number of hydrogen-bond donors (Lipinski definition) is 4. The summed E-state index contributed by atoms with van der Waals surface area (Å²) in [6, 6.07) is 0. The van der Waals surface area contributed by atoms with E-state index < -0.39 is 11.8 Å². The van der Waals surface area contributed by atoms with Crippen LogP contribution in [0.25, 0.3) is 5.65 Å². The Morgan fingerprint density at radius 2 is 2.38 bits per heavy atom. The average Bonchev–Trinajstić information content (AvgIpc) is 2.61. The standard InChI is InChI=1S/C8H11N5O3/c9-7-11-6-4(1-5(15)3-14)2-10-13(6)8(16)12-7/h2,5,14-15H,1,3H2,(H3,9,11,12,16). The van der Waals surface area contributed by atoms with Crippen LogP contribution in [0.15, 0.2) is 11.0 Å². The number of aliphatic hydroxyl groups is 2. The molecule has 0 saturated heterocycles. The molecule has 0 bridgehead atoms. The lowest BCUT2D eigenvalue weighted by molar-refractivity contribution is 0.0957. The van der Waals surface area contributed by atoms with Crippen molar-refractivity contribution in [3.63, 3.8) is 0 Å². The van der Waals surface area contributed by atoms with Crippen molar-refractivity contribution in [1.82, 2.24) is 19.6 Å². The molecular weight excluding hydrogens is 214 g/mol. The minimum atomic E-state index is -0.907. The first-order chi connectivity index (χ1) is 7.61. The fraction of sp³-hybridized carbons (Fsp3) is 0.375. The molecule has 5 N–H and O–H groups in total. The summed E-state index contributed by atoms with van der Waals surface area (Å²) in [4.78, 5) is 17.6. The Hall–Kier alpha value is -1.93. The molecule has 0 saturated carbocycles. The third-order valence-electron chi connectivity index (χ3n) is 2.14. The topological polar surface area (TPSA) is 130 Å². The highest BCUT2D eigenvalue weighted by molar-refractivity contribution is 5.48. The van der Waals surface area contributed by atoms with E-state index >= 15 is 0 Å². The van der Waals surface area contributed by atoms with Gasteiger partial charge in [-0.25, -0.2) is 4.79 Å². The van der Waals surface area contributed by atoms with Crippen LogP contribution >= 0.6 is 0 Å². The van der Waals surface area contributed by atoms with Gasteiger partial charge in [-0.3, -0.25) is 4.98 Å². The molecule has 0 aromatic carbocycles. The van der Waals surface area contributed by atoms with Gasteiger partial charge in [0.05, 0.1) is 18.9 Å². The zero-order valence-electron chi connectivity index (χ0n) is 8.29. The maximum atomic E-state index is 11.4. The largest absolute Gasteiger partial charge is 0.394 e. The quantitative estimate of drug-likeness (QED) is 0.473. The number of nitrogens with one attached hydrogen (secondary N) is 1. The van der Waals surface area contributed by atoms with Crippen molar-refractivity contribution in [1.29, 1.82) is 0 Å². The van der Waals surface area contributed by atoms with Gasteiger partial charge in [0.2, 0.25) is 5.95 Å². The van der Waals surface area contributed by atoms with Gasteiger partial charge in [0.1, 0.15) is 0 Å². The van der Waals surface area contributed by atoms with Gasteiger partial charge in [0, 0.05) is 12.0 Å². The third-order valence-corrected chi connectivity index (χ3v) is 2.14. The Morgan fingerprint density at radius 1 is 1.62 bits per heavy atom. The molecule has 86 valence electrons. The predicted molar refractivity (Wildman–Crippen MR) is 54.8 cm³/mol. The van der Waals surface area contributed by atoms with Crippen LogP contribution in [0.3, 0.4) is 0 Å². The molecule has 0 aliphatic rings. The summed E-state index contributed by atoms with van der Waals surface area (Å²) in [6.07, 6.45) is 0.668. The molecule has 2 heterocycles. The molecule has 0 amide bonds. The molecule has 8 nitrogen and oxygen atoms in total. The summed E-state index contributed by atoms with van der Waals surface area (Å²) >= 11 is 0. The summed E-state index contributed by atoms with van der Waals surface area (Å²) in [5, 5.41) is 21.8. The molecule has 0 radical (unpaired) electrons. The summed E-state index contributed by atoms with van der Waals surface area (Å²) in [7, 11) is 0. The van der Waals surface area contributed by atoms with Crippen LogP contribution in [-0.2, 0) is 6.42 Å². The van der Waals surface area contributed by atoms with Crippen molar-refractivity contribution < 1.29 is 10.2 Å². The smallest absolute Gasteiger partial charge is 0.350 e. The summed E-state index contributed by atoms with van der Waals surface area (Å²) in [5.41, 5.74) is 5.74. The van der Waals surface area contributed by atoms with Gasteiger partial charge >= 0.3 is 5.69 Å². The van der Waals surface area contributed by atoms with Gasteiger partial charge in [-0.15, -0.1) is 0 Å². The lowest BCUT2D eigenvalue weighted by Crippen LogP contribution is -2.21. The lowest BCUT2D eigenvalue weighted by Gasteiger charge is -2.04. The van der Waals surface area contributed by atoms with E-state index in [1.54, 1.807) is 0 Å². The Labute approximate surface area is 89.4 Å². The van der Waals surface area contributed by atoms with E-state index in [4.69, 9.17) is 10.8 Å². The van der Waals surface area contributed by atoms with E-state index in [0.717, 1.165) is 4.52 Å². The maximum Gasteiger partial charge on any atom is 0.350 e. The minimum absolute atomic E-state index is 0.0160. The van der Waals surface area contributed by atoms with Gasteiger partial charge in [-0.2, -0.15) is 14.6 Å². The van der Waals surface area contributed by atoms with Gasteiger partial charge in [-0.1, -0.05) is 0 Å². The highest BCUT2D eigenvalue weighted by Gasteiger charge is 2.12. The Kier molecular flexibility index (Phi) is 2.59. The number of hydrogen-bond acceptors (Lipinski definition) is 6. The van der Waals surface area contributed by atoms with Crippen LogP contribution in [0.2, 0.25) is 0 Å². The lowest BCUT2D eigenvalue weighted by atomic mass is 10.1. The number of aromatic amines is 1. The molecule has 0 aliphatic heterocycles. The molecular formula is C8H11N5O3. The number of nitrogen functional groups attached to an aromatic ring is 1. The van der Waals surface area contributed by atoms with Crippen molar-refractivity contribution in [3.8, 4) is 0 Å². The molecule has 16 heavy (non-hydrogen) atoms. The van der Waals surface area contributed by atoms with E-state index in [1.807, 2.05) is 0 Å². The first-order valence-electron chi connectivity index (χ1n) is 4.63. The summed E-state index contributed by atoms with van der Waals surface area (Å²) < 4.78 is 1.05. The molecule has 0 aliphatic carbocycles. The fourth-order valence-electron chi connectivity index (χ4n) is 1.41. The number of aliphatic hydroxyl groups excluding tert-OH is 2. The SMILES string of the molecule is Nc1nc2c(CC(O)CO)cnn2c(=O)[nH]1. The molecule has 2 aromatic rings. The normalized spacial score (nSPS) is 13.1. The number of nitrogens with two attached hydrogens (primary N) is 1. The van der Waals surface area contributed by atoms with Crippen molar-refractivity contribution in [3.05, 3.63) is 22.2 Å². The van der Waals surface area contributed by atoms with E-state index in [-0.39, 0.29) is 24.6 Å². The molecule has 1 unspecified atom stereocenters. The predicted octanol–water partition coefficient (Wildman–Crippen LogP) is -2.10. The Morgan fingerprint density at radius 3 is 3.06 bits per heavy atom. The number of aromatic nitrogens is 4. The first kappa shape index (κ1) is 10.6. The Balaban J connectivity index is 2.51. The molecule has 0 spiro atoms. The number of anilines is 1. The van der Waals surface area contributed by atoms with Crippen LogP contribution in [0.5, 0.6) is 0 Å². The van der Waals surface area contributed by atoms with Crippen LogP contribution in [0.4, 0.5) is 5.95 Å². The zero-order chi connectivity index (χ0) is 11.7. The number of fused-ring (bicyclic) bond motifs is 1. The van der Waals surface area contributed by atoms with Gasteiger partial charge < -0.3 is 15.9 Å². The van der Waals surface area contributed by atoms with Gasteiger partial charge in [-0.05, 0) is 0 Å². The fourth-order valence-corrected chi connectivity index (χ4v) is 1.41. The van der Waals surface area contributed by atoms with Gasteiger partial charge in [0.15, 0.2) is 5.65 Å². The Bertz CT molecular complexity index is 560. The van der Waals surface area contributed by atoms with E-state index in [2.05, 4.69) is 15.1 Å². The van der Waals surface area contributed by atoms with E-state index in [0.29, 0.717) is 5.56 Å². The third kappa shape index (κ3) is 1.75. The van der Waals surface area contributed by atoms with E-state index in [9.17, 15) is 9.90 Å². The maximum absolute atomic E-state index is 11.4. The van der Waals surface area contributed by atoms with Crippen LogP contribution < -0.4 is 11.4 Å². The second kappa shape index (κ2) is 3.91. The molecule has 8 heteroatoms. The van der Waals surface area contributed by atoms with Crippen molar-refractivity contribution in [2.75, 3.05) is 12.3 Å². The highest BCUT2D eigenvalue weighted by atomic mass is 16.3. The van der Waals surface area contributed by atoms with Crippen molar-refractivity contribution >= 4 is 11.6 Å². The van der Waals surface area contributed by atoms with Crippen LogP contribution in [0.1, 0.15) is 5.56 Å². The minimum Gasteiger partial charge on any atom is -0.394 e. The second-order valence-corrected chi connectivity index (χ2v) is 3.37. The number of rotatable bonds is 3. The van der Waals surface area contributed by atoms with E-state index in [1.165, 1.54) is 6.20 Å². The highest BCUT2D eigenvalue weighted by Crippen LogP contribution is 2.08. The number of nitrogens with zero attached hydrogens (tertiary/aromatic N) is 3. The van der Waals surface area contributed by atoms with Crippen molar-refractivity contribution in [2.24, 2.45) is 0 Å². The molecule has 0 fully saturated rings. The average molecular weight is 225 g/mol. The summed E-state index contributed by atoms with van der Waals surface area (Å²) in [5.74, 6) is -0.0160. The van der Waals surface area contributed by atoms with Crippen LogP contribution in [-0.4, -0.2) is 42.5 Å². The van der Waals surface area contributed by atoms with Gasteiger partial charge in [0.25, 0.3) is 0 Å². The molecule has 2 rings (SSSR count). The zero-order valence-corrected chi connectivity index (χ0v) is 8.29. The molecule has 1 atom stereocenters. The molecule has 2 aromatic heterocycles. The number of H-pyrrole nitrogens is 1. The summed E-state index contributed by atoms with van der Waals surface area (Å²) in [6.45, 7) is -0.365. The van der Waals surface area contributed by atoms with Crippen molar-refractivity contribution in [2.45, 2.75) is 12.5 Å². The second-order valence-electron chi connectivity index (χ2n) is 3.37. The van der Waals surface area contributed by atoms with Crippen LogP contribution in [0, 0.1) is 0 Å². The first-order valence-corrected chi connectivity index (χ1v) is 4.63. The monoisotopic (exact) mass is 225 g/mol.